The van der Waals surface area contributed by atoms with Crippen molar-refractivity contribution in [3.8, 4) is 0 Å². The zero-order valence-electron chi connectivity index (χ0n) is 9.53. The first-order valence-electron chi connectivity index (χ1n) is 5.31. The Morgan fingerprint density at radius 1 is 1.50 bits per heavy atom. The van der Waals surface area contributed by atoms with Gasteiger partial charge in [-0.3, -0.25) is 4.79 Å². The summed E-state index contributed by atoms with van der Waals surface area (Å²) < 4.78 is 2.16. The summed E-state index contributed by atoms with van der Waals surface area (Å²) in [5.74, 6) is 0. The van der Waals surface area contributed by atoms with Crippen molar-refractivity contribution >= 4 is 6.29 Å². The Bertz CT molecular complexity index is 483. The van der Waals surface area contributed by atoms with Crippen molar-refractivity contribution in [3.05, 3.63) is 41.2 Å². The van der Waals surface area contributed by atoms with E-state index in [1.54, 1.807) is 6.33 Å². The molecule has 0 aromatic carbocycles. The number of aromatic amines is 1. The Morgan fingerprint density at radius 2 is 2.31 bits per heavy atom. The van der Waals surface area contributed by atoms with Crippen molar-refractivity contribution in [2.45, 2.75) is 26.8 Å². The standard InChI is InChI=1S/C12H15N3O/c1-9-5-11(7-16)10(2)15(9)4-3-12-6-13-8-14-12/h5-8H,3-4H2,1-2H3,(H,13,14). The summed E-state index contributed by atoms with van der Waals surface area (Å²) in [5, 5.41) is 0. The molecule has 16 heavy (non-hydrogen) atoms. The molecular formula is C12H15N3O. The van der Waals surface area contributed by atoms with Crippen LogP contribution in [-0.4, -0.2) is 20.8 Å². The minimum absolute atomic E-state index is 0.780. The van der Waals surface area contributed by atoms with E-state index in [9.17, 15) is 4.79 Å². The van der Waals surface area contributed by atoms with E-state index in [0.29, 0.717) is 0 Å². The minimum Gasteiger partial charge on any atom is -0.348 e. The van der Waals surface area contributed by atoms with Gasteiger partial charge in [0.15, 0.2) is 6.29 Å². The summed E-state index contributed by atoms with van der Waals surface area (Å²) in [6, 6.07) is 1.93. The van der Waals surface area contributed by atoms with Crippen LogP contribution in [0.25, 0.3) is 0 Å². The molecule has 84 valence electrons. The Kier molecular flexibility index (Phi) is 2.90. The normalized spacial score (nSPS) is 10.6. The van der Waals surface area contributed by atoms with Crippen LogP contribution in [0.1, 0.15) is 27.4 Å². The molecule has 2 rings (SSSR count). The van der Waals surface area contributed by atoms with Gasteiger partial charge in [-0.15, -0.1) is 0 Å². The molecule has 0 fully saturated rings. The highest BCUT2D eigenvalue weighted by atomic mass is 16.1. The fraction of sp³-hybridized carbons (Fsp3) is 0.333. The topological polar surface area (TPSA) is 50.7 Å². The molecule has 0 aliphatic rings. The molecule has 0 aliphatic carbocycles. The van der Waals surface area contributed by atoms with E-state index in [1.807, 2.05) is 26.1 Å². The molecule has 0 bridgehead atoms. The van der Waals surface area contributed by atoms with Crippen LogP contribution < -0.4 is 0 Å². The van der Waals surface area contributed by atoms with Gasteiger partial charge in [0, 0.05) is 41.8 Å². The summed E-state index contributed by atoms with van der Waals surface area (Å²) in [7, 11) is 0. The fourth-order valence-corrected chi connectivity index (χ4v) is 1.94. The van der Waals surface area contributed by atoms with E-state index in [-0.39, 0.29) is 0 Å². The second-order valence-corrected chi connectivity index (χ2v) is 3.92. The SMILES string of the molecule is Cc1cc(C=O)c(C)n1CCc1cnc[nH]1. The Balaban J connectivity index is 2.15. The molecule has 2 aromatic heterocycles. The van der Waals surface area contributed by atoms with Gasteiger partial charge < -0.3 is 9.55 Å². The fourth-order valence-electron chi connectivity index (χ4n) is 1.94. The average Bonchev–Trinajstić information content (AvgIpc) is 2.86. The number of aromatic nitrogens is 3. The lowest BCUT2D eigenvalue weighted by atomic mass is 10.3. The zero-order chi connectivity index (χ0) is 11.5. The van der Waals surface area contributed by atoms with Crippen molar-refractivity contribution < 1.29 is 4.79 Å². The number of rotatable bonds is 4. The van der Waals surface area contributed by atoms with Gasteiger partial charge in [0.1, 0.15) is 0 Å². The maximum absolute atomic E-state index is 10.8. The molecular weight excluding hydrogens is 202 g/mol. The van der Waals surface area contributed by atoms with Crippen molar-refractivity contribution in [1.29, 1.82) is 0 Å². The number of aryl methyl sites for hydroxylation is 2. The maximum atomic E-state index is 10.8. The van der Waals surface area contributed by atoms with E-state index < -0.39 is 0 Å². The van der Waals surface area contributed by atoms with Crippen LogP contribution in [0.4, 0.5) is 0 Å². The van der Waals surface area contributed by atoms with Crippen LogP contribution in [0, 0.1) is 13.8 Å². The lowest BCUT2D eigenvalue weighted by molar-refractivity contribution is 0.112. The monoisotopic (exact) mass is 217 g/mol. The van der Waals surface area contributed by atoms with Gasteiger partial charge in [-0.1, -0.05) is 0 Å². The number of H-pyrrole nitrogens is 1. The molecule has 0 atom stereocenters. The van der Waals surface area contributed by atoms with Crippen molar-refractivity contribution in [1.82, 2.24) is 14.5 Å². The number of imidazole rings is 1. The van der Waals surface area contributed by atoms with Crippen LogP contribution in [0.2, 0.25) is 0 Å². The van der Waals surface area contributed by atoms with Crippen LogP contribution in [0.3, 0.4) is 0 Å². The van der Waals surface area contributed by atoms with Crippen LogP contribution >= 0.6 is 0 Å². The predicted molar refractivity (Wildman–Crippen MR) is 61.6 cm³/mol. The molecule has 0 unspecified atom stereocenters. The van der Waals surface area contributed by atoms with E-state index >= 15 is 0 Å². The summed E-state index contributed by atoms with van der Waals surface area (Å²) in [6.07, 6.45) is 5.32. The van der Waals surface area contributed by atoms with Gasteiger partial charge in [-0.25, -0.2) is 4.98 Å². The highest BCUT2D eigenvalue weighted by Gasteiger charge is 2.07. The highest BCUT2D eigenvalue weighted by molar-refractivity contribution is 5.77. The van der Waals surface area contributed by atoms with Crippen molar-refractivity contribution in [2.75, 3.05) is 0 Å². The van der Waals surface area contributed by atoms with Gasteiger partial charge >= 0.3 is 0 Å². The minimum atomic E-state index is 0.780. The van der Waals surface area contributed by atoms with Gasteiger partial charge in [0.2, 0.25) is 0 Å². The quantitative estimate of drug-likeness (QED) is 0.795. The summed E-state index contributed by atoms with van der Waals surface area (Å²) in [4.78, 5) is 17.8. The average molecular weight is 217 g/mol. The summed E-state index contributed by atoms with van der Waals surface area (Å²) in [6.45, 7) is 4.87. The van der Waals surface area contributed by atoms with Crippen LogP contribution in [-0.2, 0) is 13.0 Å². The van der Waals surface area contributed by atoms with Crippen molar-refractivity contribution in [3.63, 3.8) is 0 Å². The number of carbonyl (C=O) groups is 1. The first kappa shape index (κ1) is 10.7. The second kappa shape index (κ2) is 4.35. The lowest BCUT2D eigenvalue weighted by Gasteiger charge is -2.08. The molecule has 1 N–H and O–H groups in total. The molecule has 2 aromatic rings. The Labute approximate surface area is 94.3 Å². The van der Waals surface area contributed by atoms with Crippen molar-refractivity contribution in [2.24, 2.45) is 0 Å². The smallest absolute Gasteiger partial charge is 0.151 e. The molecule has 4 nitrogen and oxygen atoms in total. The molecule has 0 aliphatic heterocycles. The van der Waals surface area contributed by atoms with Crippen LogP contribution in [0.15, 0.2) is 18.6 Å². The third kappa shape index (κ3) is 1.91. The third-order valence-corrected chi connectivity index (χ3v) is 2.90. The van der Waals surface area contributed by atoms with E-state index in [4.69, 9.17) is 0 Å². The number of nitrogens with one attached hydrogen (secondary N) is 1. The lowest BCUT2D eigenvalue weighted by Crippen LogP contribution is -2.05. The van der Waals surface area contributed by atoms with Gasteiger partial charge in [0.05, 0.1) is 6.33 Å². The first-order chi connectivity index (χ1) is 7.72. The number of hydrogen-bond donors (Lipinski definition) is 1. The molecule has 4 heteroatoms. The Morgan fingerprint density at radius 3 is 2.88 bits per heavy atom. The van der Waals surface area contributed by atoms with E-state index in [0.717, 1.165) is 41.9 Å². The summed E-state index contributed by atoms with van der Waals surface area (Å²) >= 11 is 0. The maximum Gasteiger partial charge on any atom is 0.151 e. The van der Waals surface area contributed by atoms with Gasteiger partial charge in [0.25, 0.3) is 0 Å². The zero-order valence-corrected chi connectivity index (χ0v) is 9.53. The molecule has 0 radical (unpaired) electrons. The van der Waals surface area contributed by atoms with Gasteiger partial charge in [-0.05, 0) is 19.9 Å². The first-order valence-corrected chi connectivity index (χ1v) is 5.31. The number of aldehydes is 1. The Hall–Kier alpha value is -1.84. The van der Waals surface area contributed by atoms with E-state index in [2.05, 4.69) is 14.5 Å². The molecule has 0 spiro atoms. The van der Waals surface area contributed by atoms with Crippen LogP contribution in [0.5, 0.6) is 0 Å². The molecule has 0 saturated heterocycles. The highest BCUT2D eigenvalue weighted by Crippen LogP contribution is 2.13. The number of nitrogens with zero attached hydrogens (tertiary/aromatic N) is 2. The molecule has 0 amide bonds. The molecule has 2 heterocycles. The van der Waals surface area contributed by atoms with Gasteiger partial charge in [-0.2, -0.15) is 0 Å². The predicted octanol–water partition coefficient (Wildman–Crippen LogP) is 1.88. The number of carbonyl (C=O) groups excluding carboxylic acids is 1. The largest absolute Gasteiger partial charge is 0.348 e. The molecule has 0 saturated carbocycles. The summed E-state index contributed by atoms with van der Waals surface area (Å²) in [5.41, 5.74) is 4.05. The van der Waals surface area contributed by atoms with E-state index in [1.165, 1.54) is 0 Å². The number of hydrogen-bond acceptors (Lipinski definition) is 2. The second-order valence-electron chi connectivity index (χ2n) is 3.92. The third-order valence-electron chi connectivity index (χ3n) is 2.90.